The van der Waals surface area contributed by atoms with Gasteiger partial charge in [0.2, 0.25) is 0 Å². The molecule has 1 unspecified atom stereocenters. The van der Waals surface area contributed by atoms with Gasteiger partial charge in [-0.1, -0.05) is 149 Å². The molecule has 0 fully saturated rings. The van der Waals surface area contributed by atoms with Crippen LogP contribution in [0.4, 0.5) is 45.5 Å². The minimum atomic E-state index is 0.226. The van der Waals surface area contributed by atoms with Crippen LogP contribution in [0.15, 0.2) is 236 Å². The van der Waals surface area contributed by atoms with Crippen LogP contribution in [0.2, 0.25) is 0 Å². The Morgan fingerprint density at radius 2 is 0.536 bits per heavy atom. The molecule has 0 radical (unpaired) electrons. The molecule has 0 bridgehead atoms. The van der Waals surface area contributed by atoms with E-state index in [9.17, 15) is 0 Å². The van der Waals surface area contributed by atoms with Gasteiger partial charge in [0.25, 0.3) is 0 Å². The number of anilines is 8. The molecule has 0 aliphatic heterocycles. The van der Waals surface area contributed by atoms with E-state index in [0.717, 1.165) is 62.8 Å². The van der Waals surface area contributed by atoms with E-state index in [1.807, 2.05) is 0 Å². The molecule has 0 aromatic heterocycles. The lowest BCUT2D eigenvalue weighted by Crippen LogP contribution is -2.30. The molecular formula is C66H59N3. The summed E-state index contributed by atoms with van der Waals surface area (Å²) in [6.45, 7) is 12.9. The van der Waals surface area contributed by atoms with Gasteiger partial charge < -0.3 is 14.7 Å². The fourth-order valence-corrected chi connectivity index (χ4v) is 9.36. The zero-order valence-electron chi connectivity index (χ0n) is 40.6. The summed E-state index contributed by atoms with van der Waals surface area (Å²) >= 11 is 0. The molecule has 9 aromatic carbocycles. The van der Waals surface area contributed by atoms with E-state index in [-0.39, 0.29) is 6.04 Å². The Morgan fingerprint density at radius 1 is 0.290 bits per heavy atom. The molecule has 0 saturated carbocycles. The number of rotatable bonds is 12. The summed E-state index contributed by atoms with van der Waals surface area (Å²) < 4.78 is 0. The number of hydrogen-bond acceptors (Lipinski definition) is 3. The predicted octanol–water partition coefficient (Wildman–Crippen LogP) is 18.6. The van der Waals surface area contributed by atoms with E-state index >= 15 is 0 Å². The van der Waals surface area contributed by atoms with Crippen molar-refractivity contribution in [2.24, 2.45) is 0 Å². The van der Waals surface area contributed by atoms with Crippen LogP contribution in [0.1, 0.15) is 41.2 Å². The molecule has 10 rings (SSSR count). The Kier molecular flexibility index (Phi) is 12.7. The molecule has 0 saturated heterocycles. The topological polar surface area (TPSA) is 9.72 Å². The van der Waals surface area contributed by atoms with Gasteiger partial charge in [0.05, 0.1) is 6.04 Å². The van der Waals surface area contributed by atoms with Crippen LogP contribution < -0.4 is 14.7 Å². The van der Waals surface area contributed by atoms with Crippen molar-refractivity contribution in [2.75, 3.05) is 14.7 Å². The molecular weight excluding hydrogens is 835 g/mol. The van der Waals surface area contributed by atoms with Crippen LogP contribution in [-0.2, 0) is 0 Å². The van der Waals surface area contributed by atoms with E-state index in [0.29, 0.717) is 0 Å². The molecule has 0 amide bonds. The monoisotopic (exact) mass is 893 g/mol. The highest BCUT2D eigenvalue weighted by molar-refractivity contribution is 5.85. The first-order valence-corrected chi connectivity index (χ1v) is 24.2. The summed E-state index contributed by atoms with van der Waals surface area (Å²) in [5, 5.41) is 0. The van der Waals surface area contributed by atoms with Gasteiger partial charge in [-0.05, 0) is 197 Å². The van der Waals surface area contributed by atoms with Gasteiger partial charge in [-0.15, -0.1) is 0 Å². The van der Waals surface area contributed by atoms with Crippen LogP contribution in [0, 0.1) is 34.6 Å². The van der Waals surface area contributed by atoms with Crippen molar-refractivity contribution >= 4 is 45.5 Å². The molecule has 0 spiro atoms. The smallest absolute Gasteiger partial charge is 0.0560 e. The average molecular weight is 894 g/mol. The second kappa shape index (κ2) is 19.6. The summed E-state index contributed by atoms with van der Waals surface area (Å²) in [5.41, 5.74) is 23.6. The summed E-state index contributed by atoms with van der Waals surface area (Å²) in [5.74, 6) is 0. The number of benzene rings is 9. The highest BCUT2D eigenvalue weighted by Gasteiger charge is 2.21. The number of aryl methyl sites for hydroxylation is 5. The Hall–Kier alpha value is -8.14. The second-order valence-corrected chi connectivity index (χ2v) is 18.8. The lowest BCUT2D eigenvalue weighted by Gasteiger charge is -2.33. The van der Waals surface area contributed by atoms with Crippen molar-refractivity contribution in [1.29, 1.82) is 0 Å². The molecule has 338 valence electrons. The van der Waals surface area contributed by atoms with E-state index in [2.05, 4.69) is 287 Å². The highest BCUT2D eigenvalue weighted by atomic mass is 15.2. The van der Waals surface area contributed by atoms with Gasteiger partial charge in [0.15, 0.2) is 0 Å². The van der Waals surface area contributed by atoms with Gasteiger partial charge in [0, 0.05) is 45.5 Å². The molecule has 3 heteroatoms. The zero-order valence-corrected chi connectivity index (χ0v) is 40.6. The van der Waals surface area contributed by atoms with Crippen LogP contribution in [0.3, 0.4) is 0 Å². The third-order valence-corrected chi connectivity index (χ3v) is 13.4. The number of allylic oxidation sites excluding steroid dienone is 2. The third kappa shape index (κ3) is 9.96. The largest absolute Gasteiger partial charge is 0.334 e. The minimum absolute atomic E-state index is 0.226. The van der Waals surface area contributed by atoms with Gasteiger partial charge in [0.1, 0.15) is 0 Å². The molecule has 69 heavy (non-hydrogen) atoms. The van der Waals surface area contributed by atoms with E-state index < -0.39 is 0 Å². The van der Waals surface area contributed by atoms with E-state index in [1.54, 1.807) is 0 Å². The average Bonchev–Trinajstić information content (AvgIpc) is 3.38. The second-order valence-electron chi connectivity index (χ2n) is 18.8. The fourth-order valence-electron chi connectivity index (χ4n) is 9.36. The Morgan fingerprint density at radius 3 is 0.797 bits per heavy atom. The Bertz CT molecular complexity index is 2990. The van der Waals surface area contributed by atoms with Crippen LogP contribution in [-0.4, -0.2) is 6.04 Å². The molecule has 9 aromatic rings. The molecule has 3 nitrogen and oxygen atoms in total. The van der Waals surface area contributed by atoms with Gasteiger partial charge in [-0.3, -0.25) is 0 Å². The van der Waals surface area contributed by atoms with Crippen LogP contribution in [0.25, 0.3) is 33.4 Å². The van der Waals surface area contributed by atoms with Crippen LogP contribution >= 0.6 is 0 Å². The van der Waals surface area contributed by atoms with Crippen molar-refractivity contribution in [2.45, 2.75) is 54.0 Å². The number of nitrogens with zero attached hydrogens (tertiary/aromatic N) is 3. The standard InChI is InChI=1S/C66H59N3/c1-46-7-25-58(26-8-46)67(59-27-9-47(2)10-28-59)64-37-19-52(20-38-64)55-43-56(53-21-39-65(40-22-53)68(60-29-11-48(3)12-30-60)61-31-13-49(4)14-32-61)45-57(44-55)54-23-41-66(42-24-54)69(62-33-15-50(5)16-34-62)63-35-17-51(6)18-36-63/h7-35,37-45,63H,36H2,1-6H3. The Labute approximate surface area is 409 Å². The summed E-state index contributed by atoms with van der Waals surface area (Å²) in [7, 11) is 0. The quantitative estimate of drug-likeness (QED) is 0.121. The van der Waals surface area contributed by atoms with Gasteiger partial charge in [-0.25, -0.2) is 0 Å². The molecule has 1 aliphatic rings. The Balaban J connectivity index is 1.05. The molecule has 1 aliphatic carbocycles. The van der Waals surface area contributed by atoms with Crippen molar-refractivity contribution in [3.8, 4) is 33.4 Å². The summed E-state index contributed by atoms with van der Waals surface area (Å²) in [6.07, 6.45) is 7.90. The van der Waals surface area contributed by atoms with Gasteiger partial charge >= 0.3 is 0 Å². The molecule has 0 heterocycles. The summed E-state index contributed by atoms with van der Waals surface area (Å²) in [6, 6.07) is 78.6. The summed E-state index contributed by atoms with van der Waals surface area (Å²) in [4.78, 5) is 7.15. The first-order chi connectivity index (χ1) is 33.6. The van der Waals surface area contributed by atoms with Crippen LogP contribution in [0.5, 0.6) is 0 Å². The minimum Gasteiger partial charge on any atom is -0.334 e. The number of hydrogen-bond donors (Lipinski definition) is 0. The lowest BCUT2D eigenvalue weighted by atomic mass is 9.92. The van der Waals surface area contributed by atoms with Gasteiger partial charge in [-0.2, -0.15) is 0 Å². The molecule has 1 atom stereocenters. The third-order valence-electron chi connectivity index (χ3n) is 13.4. The van der Waals surface area contributed by atoms with Crippen molar-refractivity contribution in [3.63, 3.8) is 0 Å². The fraction of sp³-hybridized carbons (Fsp3) is 0.121. The zero-order chi connectivity index (χ0) is 47.4. The predicted molar refractivity (Wildman–Crippen MR) is 296 cm³/mol. The lowest BCUT2D eigenvalue weighted by molar-refractivity contribution is 0.779. The van der Waals surface area contributed by atoms with Crippen molar-refractivity contribution in [3.05, 3.63) is 264 Å². The highest BCUT2D eigenvalue weighted by Crippen LogP contribution is 2.41. The molecule has 0 N–H and O–H groups in total. The first-order valence-electron chi connectivity index (χ1n) is 24.2. The maximum absolute atomic E-state index is 2.47. The van der Waals surface area contributed by atoms with Crippen molar-refractivity contribution in [1.82, 2.24) is 0 Å². The van der Waals surface area contributed by atoms with Crippen molar-refractivity contribution < 1.29 is 0 Å². The normalized spacial score (nSPS) is 13.2. The SMILES string of the molecule is CC1=CCC(N(c2ccc(C)cc2)c2ccc(-c3cc(-c4ccc(N(c5ccc(C)cc5)c5ccc(C)cc5)cc4)cc(-c4ccc(N(c5ccc(C)cc5)c5ccc(C)cc5)cc4)c3)cc2)C=C1. The first kappa shape index (κ1) is 44.7. The van der Waals surface area contributed by atoms with E-state index in [1.165, 1.54) is 55.9 Å². The van der Waals surface area contributed by atoms with E-state index in [4.69, 9.17) is 0 Å². The maximum atomic E-state index is 2.47. The maximum Gasteiger partial charge on any atom is 0.0560 e.